The van der Waals surface area contributed by atoms with Crippen LogP contribution in [0.25, 0.3) is 11.1 Å². The van der Waals surface area contributed by atoms with Crippen LogP contribution >= 0.6 is 23.5 Å². The van der Waals surface area contributed by atoms with Crippen LogP contribution in [0.2, 0.25) is 0 Å². The Bertz CT molecular complexity index is 865. The van der Waals surface area contributed by atoms with Crippen molar-refractivity contribution < 1.29 is 4.79 Å². The second-order valence-corrected chi connectivity index (χ2v) is 8.45. The van der Waals surface area contributed by atoms with Crippen LogP contribution < -0.4 is 0 Å². The van der Waals surface area contributed by atoms with Gasteiger partial charge in [0.15, 0.2) is 5.78 Å². The second kappa shape index (κ2) is 9.14. The summed E-state index contributed by atoms with van der Waals surface area (Å²) in [5.74, 6) is 2.22. The van der Waals surface area contributed by atoms with Gasteiger partial charge in [0, 0.05) is 22.7 Å². The van der Waals surface area contributed by atoms with E-state index in [4.69, 9.17) is 0 Å². The third kappa shape index (κ3) is 4.42. The monoisotopic (exact) mass is 378 g/mol. The van der Waals surface area contributed by atoms with Crippen LogP contribution in [0.4, 0.5) is 0 Å². The lowest BCUT2D eigenvalue weighted by Gasteiger charge is -2.12. The van der Waals surface area contributed by atoms with Gasteiger partial charge in [-0.1, -0.05) is 67.6 Å². The van der Waals surface area contributed by atoms with Gasteiger partial charge in [0.05, 0.1) is 9.81 Å². The molecule has 0 atom stereocenters. The quantitative estimate of drug-likeness (QED) is 0.440. The lowest BCUT2D eigenvalue weighted by atomic mass is 9.94. The average molecular weight is 379 g/mol. The molecule has 0 N–H and O–H groups in total. The first-order chi connectivity index (χ1) is 12.7. The zero-order valence-electron chi connectivity index (χ0n) is 15.1. The second-order valence-electron chi connectivity index (χ2n) is 5.98. The molecule has 0 amide bonds. The van der Waals surface area contributed by atoms with Gasteiger partial charge in [-0.15, -0.1) is 29.3 Å². The maximum atomic E-state index is 12.6. The molecule has 2 aromatic carbocycles. The molecule has 132 valence electrons. The fraction of sp³-hybridized carbons (Fsp3) is 0.217. The number of ketones is 1. The first kappa shape index (κ1) is 18.8. The van der Waals surface area contributed by atoms with Crippen LogP contribution in [0.15, 0.2) is 76.2 Å². The van der Waals surface area contributed by atoms with Crippen LogP contribution in [-0.4, -0.2) is 17.3 Å². The Labute approximate surface area is 164 Å². The summed E-state index contributed by atoms with van der Waals surface area (Å²) >= 11 is 3.57. The Morgan fingerprint density at radius 2 is 1.46 bits per heavy atom. The van der Waals surface area contributed by atoms with Crippen molar-refractivity contribution in [3.8, 4) is 0 Å². The van der Waals surface area contributed by atoms with Gasteiger partial charge in [-0.05, 0) is 24.5 Å². The molecular weight excluding hydrogens is 356 g/mol. The number of carbonyl (C=O) groups excluding carboxylic acids is 1. The zero-order valence-corrected chi connectivity index (χ0v) is 16.8. The van der Waals surface area contributed by atoms with E-state index >= 15 is 0 Å². The smallest absolute Gasteiger partial charge is 0.162 e. The highest BCUT2D eigenvalue weighted by molar-refractivity contribution is 8.25. The van der Waals surface area contributed by atoms with E-state index in [0.29, 0.717) is 0 Å². The largest absolute Gasteiger partial charge is 0.294 e. The number of hydrogen-bond acceptors (Lipinski definition) is 3. The van der Waals surface area contributed by atoms with Gasteiger partial charge in [0.2, 0.25) is 0 Å². The molecule has 0 spiro atoms. The van der Waals surface area contributed by atoms with Crippen molar-refractivity contribution in [2.75, 3.05) is 11.5 Å². The van der Waals surface area contributed by atoms with Gasteiger partial charge in [-0.25, -0.2) is 0 Å². The molecule has 2 aromatic rings. The standard InChI is InChI=1S/C23H22OS2/c1-3-18(19-10-6-4-7-11-19)16-21(20-12-8-5-9-13-20)22(17(2)24)23-25-14-15-26-23/h4-13H,3,14-15H2,1-2H3. The van der Waals surface area contributed by atoms with E-state index < -0.39 is 0 Å². The fourth-order valence-electron chi connectivity index (χ4n) is 2.92. The molecule has 26 heavy (non-hydrogen) atoms. The number of carbonyl (C=O) groups is 1. The average Bonchev–Trinajstić information content (AvgIpc) is 3.20. The normalized spacial score (nSPS) is 13.2. The lowest BCUT2D eigenvalue weighted by molar-refractivity contribution is -0.113. The first-order valence-corrected chi connectivity index (χ1v) is 10.8. The Kier molecular flexibility index (Phi) is 6.62. The molecule has 3 heteroatoms. The Morgan fingerprint density at radius 3 is 1.96 bits per heavy atom. The summed E-state index contributed by atoms with van der Waals surface area (Å²) in [5.41, 5.74) is 8.67. The number of rotatable bonds is 5. The highest BCUT2D eigenvalue weighted by Crippen LogP contribution is 2.43. The summed E-state index contributed by atoms with van der Waals surface area (Å²) in [5, 5.41) is 0. The molecule has 1 nitrogen and oxygen atoms in total. The van der Waals surface area contributed by atoms with E-state index in [1.165, 1.54) is 0 Å². The highest BCUT2D eigenvalue weighted by atomic mass is 32.2. The van der Waals surface area contributed by atoms with Gasteiger partial charge < -0.3 is 0 Å². The van der Waals surface area contributed by atoms with Gasteiger partial charge in [-0.3, -0.25) is 4.79 Å². The Balaban J connectivity index is 2.30. The number of benzene rings is 2. The number of hydrogen-bond donors (Lipinski definition) is 0. The predicted octanol–water partition coefficient (Wildman–Crippen LogP) is 6.44. The third-order valence-electron chi connectivity index (χ3n) is 4.17. The minimum Gasteiger partial charge on any atom is -0.294 e. The zero-order chi connectivity index (χ0) is 18.4. The van der Waals surface area contributed by atoms with Crippen molar-refractivity contribution in [1.82, 2.24) is 0 Å². The predicted molar refractivity (Wildman–Crippen MR) is 116 cm³/mol. The van der Waals surface area contributed by atoms with Crippen LogP contribution in [-0.2, 0) is 4.79 Å². The minimum atomic E-state index is 0.108. The van der Waals surface area contributed by atoms with Crippen molar-refractivity contribution in [2.24, 2.45) is 0 Å². The number of allylic oxidation sites excluding steroid dienone is 2. The number of thioether (sulfide) groups is 2. The Morgan fingerprint density at radius 1 is 0.923 bits per heavy atom. The first-order valence-electron chi connectivity index (χ1n) is 8.82. The maximum Gasteiger partial charge on any atom is 0.162 e. The van der Waals surface area contributed by atoms with Crippen molar-refractivity contribution in [1.29, 1.82) is 0 Å². The van der Waals surface area contributed by atoms with E-state index in [1.54, 1.807) is 30.4 Å². The van der Waals surface area contributed by atoms with Gasteiger partial charge in [0.25, 0.3) is 0 Å². The highest BCUT2D eigenvalue weighted by Gasteiger charge is 2.22. The fourth-order valence-corrected chi connectivity index (χ4v) is 5.57. The minimum absolute atomic E-state index is 0.108. The van der Waals surface area contributed by atoms with Crippen molar-refractivity contribution in [3.63, 3.8) is 0 Å². The van der Waals surface area contributed by atoms with Gasteiger partial charge in [0.1, 0.15) is 0 Å². The molecule has 0 unspecified atom stereocenters. The molecule has 1 aliphatic heterocycles. The SMILES string of the molecule is CCC(=C=C(C(C(C)=O)=C1SCCS1)c1ccccc1)c1ccccc1. The van der Waals surface area contributed by atoms with Crippen LogP contribution in [0.1, 0.15) is 31.4 Å². The van der Waals surface area contributed by atoms with Crippen LogP contribution in [0, 0.1) is 0 Å². The summed E-state index contributed by atoms with van der Waals surface area (Å²) in [6, 6.07) is 20.5. The van der Waals surface area contributed by atoms with E-state index in [2.05, 4.69) is 36.9 Å². The molecule has 0 aliphatic carbocycles. The van der Waals surface area contributed by atoms with Gasteiger partial charge in [-0.2, -0.15) is 0 Å². The summed E-state index contributed by atoms with van der Waals surface area (Å²) in [7, 11) is 0. The summed E-state index contributed by atoms with van der Waals surface area (Å²) in [6.45, 7) is 3.80. The summed E-state index contributed by atoms with van der Waals surface area (Å²) in [4.78, 5) is 12.6. The molecule has 0 aromatic heterocycles. The van der Waals surface area contributed by atoms with Gasteiger partial charge >= 0.3 is 0 Å². The summed E-state index contributed by atoms with van der Waals surface area (Å²) in [6.07, 6.45) is 0.862. The van der Waals surface area contributed by atoms with E-state index in [0.717, 1.165) is 50.0 Å². The maximum absolute atomic E-state index is 12.6. The molecular formula is C23H22OS2. The molecule has 1 fully saturated rings. The molecule has 0 bridgehead atoms. The van der Waals surface area contributed by atoms with Crippen molar-refractivity contribution >= 4 is 40.5 Å². The van der Waals surface area contributed by atoms with E-state index in [9.17, 15) is 4.79 Å². The molecule has 1 saturated heterocycles. The summed E-state index contributed by atoms with van der Waals surface area (Å²) < 4.78 is 1.13. The molecule has 0 saturated carbocycles. The number of Topliss-reactive ketones (excluding diaryl/α,β-unsaturated/α-hetero) is 1. The van der Waals surface area contributed by atoms with Crippen molar-refractivity contribution in [3.05, 3.63) is 87.3 Å². The molecule has 1 aliphatic rings. The lowest BCUT2D eigenvalue weighted by Crippen LogP contribution is -2.01. The topological polar surface area (TPSA) is 17.1 Å². The van der Waals surface area contributed by atoms with E-state index in [-0.39, 0.29) is 5.78 Å². The molecule has 0 radical (unpaired) electrons. The van der Waals surface area contributed by atoms with E-state index in [1.807, 2.05) is 36.4 Å². The Hall–Kier alpha value is -1.93. The van der Waals surface area contributed by atoms with Crippen molar-refractivity contribution in [2.45, 2.75) is 20.3 Å². The third-order valence-corrected chi connectivity index (χ3v) is 6.88. The molecule has 1 heterocycles. The van der Waals surface area contributed by atoms with Crippen LogP contribution in [0.5, 0.6) is 0 Å². The molecule has 3 rings (SSSR count). The van der Waals surface area contributed by atoms with Crippen LogP contribution in [0.3, 0.4) is 0 Å².